The van der Waals surface area contributed by atoms with Gasteiger partial charge in [-0.1, -0.05) is 6.07 Å². The van der Waals surface area contributed by atoms with Gasteiger partial charge in [-0.15, -0.1) is 0 Å². The van der Waals surface area contributed by atoms with E-state index in [0.29, 0.717) is 23.9 Å². The van der Waals surface area contributed by atoms with Crippen LogP contribution in [0.25, 0.3) is 0 Å². The Morgan fingerprint density at radius 2 is 2.24 bits per heavy atom. The van der Waals surface area contributed by atoms with Crippen LogP contribution < -0.4 is 10.1 Å². The molecule has 0 aliphatic carbocycles. The third-order valence-corrected chi connectivity index (χ3v) is 4.82. The maximum atomic E-state index is 11.2. The second-order valence-corrected chi connectivity index (χ2v) is 6.83. The van der Waals surface area contributed by atoms with Crippen LogP contribution in [0.4, 0.5) is 0 Å². The number of benzene rings is 1. The summed E-state index contributed by atoms with van der Waals surface area (Å²) in [5, 5.41) is 22.0. The molecule has 5 nitrogen and oxygen atoms in total. The van der Waals surface area contributed by atoms with Gasteiger partial charge < -0.3 is 15.2 Å². The second kappa shape index (κ2) is 8.13. The van der Waals surface area contributed by atoms with Gasteiger partial charge in [0.2, 0.25) is 0 Å². The summed E-state index contributed by atoms with van der Waals surface area (Å²) in [6.45, 7) is 0.635. The minimum Gasteiger partial charge on any atom is -0.491 e. The van der Waals surface area contributed by atoms with Crippen molar-refractivity contribution in [1.82, 2.24) is 5.32 Å². The zero-order valence-electron chi connectivity index (χ0n) is 11.8. The number of nitrogens with zero attached hydrogens (tertiary/aromatic N) is 1. The Kier molecular flexibility index (Phi) is 6.18. The Labute approximate surface area is 127 Å². The van der Waals surface area contributed by atoms with Gasteiger partial charge in [0.25, 0.3) is 0 Å². The van der Waals surface area contributed by atoms with E-state index in [1.165, 1.54) is 0 Å². The van der Waals surface area contributed by atoms with Gasteiger partial charge in [-0.25, -0.2) is 0 Å². The van der Waals surface area contributed by atoms with Crippen LogP contribution in [0, 0.1) is 11.3 Å². The summed E-state index contributed by atoms with van der Waals surface area (Å²) in [6.07, 6.45) is 1.18. The highest BCUT2D eigenvalue weighted by atomic mass is 32.2. The molecule has 21 heavy (non-hydrogen) atoms. The highest BCUT2D eigenvalue weighted by molar-refractivity contribution is 7.85. The molecule has 2 rings (SSSR count). The molecule has 0 amide bonds. The predicted octanol–water partition coefficient (Wildman–Crippen LogP) is 0.799. The Hall–Kier alpha value is -1.42. The fourth-order valence-corrected chi connectivity index (χ4v) is 3.51. The molecule has 1 atom stereocenters. The third kappa shape index (κ3) is 5.46. The maximum Gasteiger partial charge on any atom is 0.120 e. The zero-order valence-corrected chi connectivity index (χ0v) is 12.6. The van der Waals surface area contributed by atoms with Crippen LogP contribution in [0.1, 0.15) is 18.4 Å². The van der Waals surface area contributed by atoms with Crippen molar-refractivity contribution in [3.8, 4) is 11.8 Å². The van der Waals surface area contributed by atoms with E-state index in [2.05, 4.69) is 5.32 Å². The van der Waals surface area contributed by atoms with Crippen LogP contribution >= 0.6 is 0 Å². The van der Waals surface area contributed by atoms with Crippen LogP contribution in [-0.4, -0.2) is 46.1 Å². The SMILES string of the molecule is N#Cc1cccc(OCC(O)CNC2CCS(=O)CC2)c1. The Balaban J connectivity index is 1.68. The molecule has 6 heteroatoms. The van der Waals surface area contributed by atoms with Crippen molar-refractivity contribution in [3.05, 3.63) is 29.8 Å². The number of ether oxygens (including phenoxy) is 1. The van der Waals surface area contributed by atoms with Gasteiger partial charge in [-0.3, -0.25) is 4.21 Å². The molecule has 0 spiro atoms. The fraction of sp³-hybridized carbons (Fsp3) is 0.533. The minimum absolute atomic E-state index is 0.181. The van der Waals surface area contributed by atoms with Crippen molar-refractivity contribution in [2.24, 2.45) is 0 Å². The number of rotatable bonds is 6. The van der Waals surface area contributed by atoms with E-state index in [4.69, 9.17) is 10.00 Å². The smallest absolute Gasteiger partial charge is 0.120 e. The summed E-state index contributed by atoms with van der Waals surface area (Å²) >= 11 is 0. The minimum atomic E-state index is -0.660. The number of aliphatic hydroxyl groups is 1. The average molecular weight is 308 g/mol. The van der Waals surface area contributed by atoms with Crippen molar-refractivity contribution < 1.29 is 14.1 Å². The number of nitrogens with one attached hydrogen (secondary N) is 1. The number of aliphatic hydroxyl groups excluding tert-OH is 1. The maximum absolute atomic E-state index is 11.2. The molecule has 1 heterocycles. The van der Waals surface area contributed by atoms with Gasteiger partial charge >= 0.3 is 0 Å². The van der Waals surface area contributed by atoms with Crippen LogP contribution in [0.5, 0.6) is 5.75 Å². The molecular weight excluding hydrogens is 288 g/mol. The number of hydrogen-bond acceptors (Lipinski definition) is 5. The molecule has 2 N–H and O–H groups in total. The van der Waals surface area contributed by atoms with E-state index in [9.17, 15) is 9.32 Å². The lowest BCUT2D eigenvalue weighted by Crippen LogP contribution is -2.41. The van der Waals surface area contributed by atoms with Crippen LogP contribution in [-0.2, 0) is 10.8 Å². The van der Waals surface area contributed by atoms with Gasteiger partial charge in [0, 0.05) is 34.9 Å². The average Bonchev–Trinajstić information content (AvgIpc) is 2.52. The lowest BCUT2D eigenvalue weighted by Gasteiger charge is -2.24. The van der Waals surface area contributed by atoms with E-state index in [1.807, 2.05) is 6.07 Å². The molecule has 0 radical (unpaired) electrons. The molecule has 1 aliphatic heterocycles. The summed E-state index contributed by atoms with van der Waals surface area (Å²) in [6, 6.07) is 9.25. The van der Waals surface area contributed by atoms with Crippen molar-refractivity contribution in [3.63, 3.8) is 0 Å². The van der Waals surface area contributed by atoms with Crippen molar-refractivity contribution in [1.29, 1.82) is 5.26 Å². The van der Waals surface area contributed by atoms with Crippen molar-refractivity contribution in [2.45, 2.75) is 25.0 Å². The topological polar surface area (TPSA) is 82.3 Å². The van der Waals surface area contributed by atoms with Gasteiger partial charge in [0.05, 0.1) is 11.6 Å². The molecule has 1 saturated heterocycles. The molecule has 1 aliphatic rings. The molecule has 1 unspecified atom stereocenters. The first-order valence-corrected chi connectivity index (χ1v) is 8.55. The molecule has 0 saturated carbocycles. The molecule has 1 fully saturated rings. The zero-order chi connectivity index (χ0) is 15.1. The van der Waals surface area contributed by atoms with Crippen LogP contribution in [0.3, 0.4) is 0 Å². The number of hydrogen-bond donors (Lipinski definition) is 2. The summed E-state index contributed by atoms with van der Waals surface area (Å²) in [7, 11) is -0.660. The van der Waals surface area contributed by atoms with Crippen molar-refractivity contribution >= 4 is 10.8 Å². The quantitative estimate of drug-likeness (QED) is 0.812. The first-order valence-electron chi connectivity index (χ1n) is 7.07. The third-order valence-electron chi connectivity index (χ3n) is 3.44. The first-order chi connectivity index (χ1) is 10.2. The molecule has 0 aromatic heterocycles. The summed E-state index contributed by atoms with van der Waals surface area (Å²) in [5.41, 5.74) is 0.537. The fourth-order valence-electron chi connectivity index (χ4n) is 2.21. The van der Waals surface area contributed by atoms with Gasteiger partial charge in [0.1, 0.15) is 18.5 Å². The van der Waals surface area contributed by atoms with E-state index in [-0.39, 0.29) is 6.61 Å². The molecular formula is C15H20N2O3S. The monoisotopic (exact) mass is 308 g/mol. The summed E-state index contributed by atoms with van der Waals surface area (Å²) < 4.78 is 16.7. The van der Waals surface area contributed by atoms with Gasteiger partial charge in [-0.05, 0) is 31.0 Å². The molecule has 1 aromatic carbocycles. The largest absolute Gasteiger partial charge is 0.491 e. The normalized spacial score (nSPS) is 23.2. The standard InChI is InChI=1S/C15H20N2O3S/c16-9-12-2-1-3-15(8-12)20-11-14(18)10-17-13-4-6-21(19)7-5-13/h1-3,8,13-14,17-18H,4-7,10-11H2. The molecule has 0 bridgehead atoms. The Morgan fingerprint density at radius 3 is 2.95 bits per heavy atom. The van der Waals surface area contributed by atoms with E-state index >= 15 is 0 Å². The summed E-state index contributed by atoms with van der Waals surface area (Å²) in [5.74, 6) is 2.07. The first kappa shape index (κ1) is 16.0. The lowest BCUT2D eigenvalue weighted by molar-refractivity contribution is 0.103. The second-order valence-electron chi connectivity index (χ2n) is 5.14. The highest BCUT2D eigenvalue weighted by Crippen LogP contribution is 2.13. The van der Waals surface area contributed by atoms with E-state index < -0.39 is 16.9 Å². The number of nitriles is 1. The Morgan fingerprint density at radius 1 is 1.48 bits per heavy atom. The molecule has 114 valence electrons. The van der Waals surface area contributed by atoms with Crippen molar-refractivity contribution in [2.75, 3.05) is 24.7 Å². The van der Waals surface area contributed by atoms with Crippen LogP contribution in [0.15, 0.2) is 24.3 Å². The van der Waals surface area contributed by atoms with E-state index in [0.717, 1.165) is 24.3 Å². The Bertz CT molecular complexity index is 520. The summed E-state index contributed by atoms with van der Waals surface area (Å²) in [4.78, 5) is 0. The predicted molar refractivity (Wildman–Crippen MR) is 81.6 cm³/mol. The lowest BCUT2D eigenvalue weighted by atomic mass is 10.1. The van der Waals surface area contributed by atoms with Gasteiger partial charge in [-0.2, -0.15) is 5.26 Å². The highest BCUT2D eigenvalue weighted by Gasteiger charge is 2.18. The van der Waals surface area contributed by atoms with E-state index in [1.54, 1.807) is 24.3 Å². The van der Waals surface area contributed by atoms with Gasteiger partial charge in [0.15, 0.2) is 0 Å². The molecule has 1 aromatic rings. The van der Waals surface area contributed by atoms with Crippen LogP contribution in [0.2, 0.25) is 0 Å².